The summed E-state index contributed by atoms with van der Waals surface area (Å²) in [4.78, 5) is 0. The highest BCUT2D eigenvalue weighted by Crippen LogP contribution is 2.27. The molecule has 1 aromatic carbocycles. The van der Waals surface area contributed by atoms with E-state index >= 15 is 0 Å². The highest BCUT2D eigenvalue weighted by atomic mass is 19.4. The van der Waals surface area contributed by atoms with Gasteiger partial charge in [-0.15, -0.1) is 0 Å². The molecule has 0 bridgehead atoms. The molecule has 0 fully saturated rings. The van der Waals surface area contributed by atoms with Gasteiger partial charge in [-0.3, -0.25) is 0 Å². The standard InChI is InChI=1S/C12H12F3N3/c13-12(14,15)11-6-8-18(17-11)10-3-1-9(2-4-10)5-7-16/h1-4,6,8H,5,7,16H2. The fraction of sp³-hybridized carbons (Fsp3) is 0.250. The van der Waals surface area contributed by atoms with Gasteiger partial charge in [0, 0.05) is 6.20 Å². The number of alkyl halides is 3. The summed E-state index contributed by atoms with van der Waals surface area (Å²) in [6.45, 7) is 0.541. The predicted molar refractivity (Wildman–Crippen MR) is 61.3 cm³/mol. The second-order valence-corrected chi connectivity index (χ2v) is 3.85. The Morgan fingerprint density at radius 3 is 2.28 bits per heavy atom. The molecule has 0 unspecified atom stereocenters. The molecule has 2 aromatic rings. The van der Waals surface area contributed by atoms with Gasteiger partial charge in [0.15, 0.2) is 5.69 Å². The summed E-state index contributed by atoms with van der Waals surface area (Å²) in [6, 6.07) is 8.05. The lowest BCUT2D eigenvalue weighted by Gasteiger charge is -2.04. The van der Waals surface area contributed by atoms with E-state index in [4.69, 9.17) is 5.73 Å². The molecular weight excluding hydrogens is 243 g/mol. The van der Waals surface area contributed by atoms with Crippen molar-refractivity contribution in [1.82, 2.24) is 9.78 Å². The molecule has 6 heteroatoms. The van der Waals surface area contributed by atoms with E-state index < -0.39 is 11.9 Å². The number of nitrogens with two attached hydrogens (primary N) is 1. The lowest BCUT2D eigenvalue weighted by atomic mass is 10.1. The third kappa shape index (κ3) is 2.70. The number of hydrogen-bond donors (Lipinski definition) is 1. The van der Waals surface area contributed by atoms with E-state index in [1.807, 2.05) is 12.1 Å². The van der Waals surface area contributed by atoms with Crippen molar-refractivity contribution in [1.29, 1.82) is 0 Å². The van der Waals surface area contributed by atoms with E-state index in [1.54, 1.807) is 12.1 Å². The third-order valence-electron chi connectivity index (χ3n) is 2.51. The van der Waals surface area contributed by atoms with Gasteiger partial charge >= 0.3 is 6.18 Å². The summed E-state index contributed by atoms with van der Waals surface area (Å²) in [6.07, 6.45) is -2.38. The topological polar surface area (TPSA) is 43.8 Å². The molecule has 0 atom stereocenters. The monoisotopic (exact) mass is 255 g/mol. The molecule has 1 heterocycles. The second kappa shape index (κ2) is 4.81. The van der Waals surface area contributed by atoms with Crippen LogP contribution < -0.4 is 5.73 Å². The lowest BCUT2D eigenvalue weighted by molar-refractivity contribution is -0.141. The van der Waals surface area contributed by atoms with Crippen molar-refractivity contribution in [3.8, 4) is 5.69 Å². The van der Waals surface area contributed by atoms with Crippen molar-refractivity contribution in [2.24, 2.45) is 5.73 Å². The summed E-state index contributed by atoms with van der Waals surface area (Å²) < 4.78 is 38.4. The molecule has 0 radical (unpaired) electrons. The maximum absolute atomic E-state index is 12.4. The molecule has 3 nitrogen and oxygen atoms in total. The highest BCUT2D eigenvalue weighted by molar-refractivity contribution is 5.34. The van der Waals surface area contributed by atoms with Gasteiger partial charge in [-0.25, -0.2) is 4.68 Å². The van der Waals surface area contributed by atoms with Crippen LogP contribution in [0.4, 0.5) is 13.2 Å². The van der Waals surface area contributed by atoms with Crippen LogP contribution in [0.25, 0.3) is 5.69 Å². The van der Waals surface area contributed by atoms with Gasteiger partial charge in [-0.2, -0.15) is 18.3 Å². The van der Waals surface area contributed by atoms with E-state index in [-0.39, 0.29) is 0 Å². The Labute approximate surface area is 102 Å². The van der Waals surface area contributed by atoms with Gasteiger partial charge in [-0.05, 0) is 36.7 Å². The minimum Gasteiger partial charge on any atom is -0.330 e. The van der Waals surface area contributed by atoms with Crippen molar-refractivity contribution < 1.29 is 13.2 Å². The number of benzene rings is 1. The maximum Gasteiger partial charge on any atom is 0.435 e. The van der Waals surface area contributed by atoms with Gasteiger partial charge in [0.2, 0.25) is 0 Å². The van der Waals surface area contributed by atoms with Crippen LogP contribution in [0.1, 0.15) is 11.3 Å². The van der Waals surface area contributed by atoms with Crippen LogP contribution >= 0.6 is 0 Å². The Morgan fingerprint density at radius 2 is 1.78 bits per heavy atom. The van der Waals surface area contributed by atoms with E-state index in [0.717, 1.165) is 18.1 Å². The van der Waals surface area contributed by atoms with Crippen molar-refractivity contribution in [3.63, 3.8) is 0 Å². The van der Waals surface area contributed by atoms with Crippen LogP contribution in [0.3, 0.4) is 0 Å². The van der Waals surface area contributed by atoms with Crippen LogP contribution in [-0.2, 0) is 12.6 Å². The molecule has 2 N–H and O–H groups in total. The fourth-order valence-electron chi connectivity index (χ4n) is 1.60. The second-order valence-electron chi connectivity index (χ2n) is 3.85. The van der Waals surface area contributed by atoms with Gasteiger partial charge < -0.3 is 5.73 Å². The minimum absolute atomic E-state index is 0.541. The molecule has 0 amide bonds. The molecule has 2 rings (SSSR count). The smallest absolute Gasteiger partial charge is 0.330 e. The number of rotatable bonds is 3. The average molecular weight is 255 g/mol. The molecule has 0 saturated carbocycles. The summed E-state index contributed by atoms with van der Waals surface area (Å²) in [7, 11) is 0. The van der Waals surface area contributed by atoms with E-state index in [1.165, 1.54) is 10.9 Å². The summed E-state index contributed by atoms with van der Waals surface area (Å²) in [5.74, 6) is 0. The molecule has 0 aliphatic heterocycles. The lowest BCUT2D eigenvalue weighted by Crippen LogP contribution is -2.07. The van der Waals surface area contributed by atoms with Crippen LogP contribution in [0.5, 0.6) is 0 Å². The van der Waals surface area contributed by atoms with Gasteiger partial charge in [0.1, 0.15) is 0 Å². The molecule has 96 valence electrons. The number of aromatic nitrogens is 2. The SMILES string of the molecule is NCCc1ccc(-n2ccc(C(F)(F)F)n2)cc1. The summed E-state index contributed by atoms with van der Waals surface area (Å²) in [5.41, 5.74) is 6.16. The minimum atomic E-state index is -4.41. The maximum atomic E-state index is 12.4. The summed E-state index contributed by atoms with van der Waals surface area (Å²) in [5, 5.41) is 3.49. The Kier molecular flexibility index (Phi) is 3.38. The van der Waals surface area contributed by atoms with Gasteiger partial charge in [0.25, 0.3) is 0 Å². The fourth-order valence-corrected chi connectivity index (χ4v) is 1.60. The molecule has 18 heavy (non-hydrogen) atoms. The van der Waals surface area contributed by atoms with Crippen molar-refractivity contribution >= 4 is 0 Å². The first kappa shape index (κ1) is 12.6. The van der Waals surface area contributed by atoms with Crippen LogP contribution in [0.2, 0.25) is 0 Å². The quantitative estimate of drug-likeness (QED) is 0.915. The molecule has 0 aliphatic carbocycles. The van der Waals surface area contributed by atoms with Crippen LogP contribution in [0, 0.1) is 0 Å². The first-order valence-electron chi connectivity index (χ1n) is 5.43. The Bertz CT molecular complexity index is 514. The highest BCUT2D eigenvalue weighted by Gasteiger charge is 2.33. The van der Waals surface area contributed by atoms with Crippen molar-refractivity contribution in [2.45, 2.75) is 12.6 Å². The normalized spacial score (nSPS) is 11.8. The molecule has 1 aromatic heterocycles. The molecular formula is C12H12F3N3. The first-order valence-corrected chi connectivity index (χ1v) is 5.43. The number of hydrogen-bond acceptors (Lipinski definition) is 2. The van der Waals surface area contributed by atoms with Gasteiger partial charge in [-0.1, -0.05) is 12.1 Å². The molecule has 0 spiro atoms. The van der Waals surface area contributed by atoms with E-state index in [9.17, 15) is 13.2 Å². The van der Waals surface area contributed by atoms with Crippen LogP contribution in [-0.4, -0.2) is 16.3 Å². The largest absolute Gasteiger partial charge is 0.435 e. The van der Waals surface area contributed by atoms with Crippen molar-refractivity contribution in [3.05, 3.63) is 47.8 Å². The zero-order valence-corrected chi connectivity index (χ0v) is 9.48. The van der Waals surface area contributed by atoms with E-state index in [2.05, 4.69) is 5.10 Å². The third-order valence-corrected chi connectivity index (χ3v) is 2.51. The Hall–Kier alpha value is -1.82. The van der Waals surface area contributed by atoms with Crippen molar-refractivity contribution in [2.75, 3.05) is 6.54 Å². The molecule has 0 saturated heterocycles. The zero-order valence-electron chi connectivity index (χ0n) is 9.48. The summed E-state index contributed by atoms with van der Waals surface area (Å²) >= 11 is 0. The van der Waals surface area contributed by atoms with E-state index in [0.29, 0.717) is 12.2 Å². The average Bonchev–Trinajstić information content (AvgIpc) is 2.79. The zero-order chi connectivity index (χ0) is 13.2. The first-order chi connectivity index (χ1) is 8.50. The Morgan fingerprint density at radius 1 is 1.11 bits per heavy atom. The number of halogens is 3. The molecule has 0 aliphatic rings. The van der Waals surface area contributed by atoms with Crippen LogP contribution in [0.15, 0.2) is 36.5 Å². The Balaban J connectivity index is 2.23. The predicted octanol–water partition coefficient (Wildman–Crippen LogP) is 2.39. The van der Waals surface area contributed by atoms with Gasteiger partial charge in [0.05, 0.1) is 5.69 Å². The number of nitrogens with zero attached hydrogens (tertiary/aromatic N) is 2.